The Balaban J connectivity index is 1.89. The highest BCUT2D eigenvalue weighted by molar-refractivity contribution is 7.12. The van der Waals surface area contributed by atoms with Crippen LogP contribution in [-0.4, -0.2) is 23.5 Å². The maximum Gasteiger partial charge on any atom is 0.328 e. The van der Waals surface area contributed by atoms with E-state index in [0.29, 0.717) is 22.9 Å². The van der Waals surface area contributed by atoms with Gasteiger partial charge in [-0.1, -0.05) is 19.8 Å². The number of carbonyl (C=O) groups excluding carboxylic acids is 1. The van der Waals surface area contributed by atoms with Gasteiger partial charge in [0.2, 0.25) is 0 Å². The predicted molar refractivity (Wildman–Crippen MR) is 84.4 cm³/mol. The van der Waals surface area contributed by atoms with Crippen LogP contribution in [0.3, 0.4) is 0 Å². The van der Waals surface area contributed by atoms with Crippen molar-refractivity contribution in [1.82, 2.24) is 5.32 Å². The van der Waals surface area contributed by atoms with Gasteiger partial charge < -0.3 is 10.4 Å². The number of nitrogens with one attached hydrogen (secondary N) is 1. The summed E-state index contributed by atoms with van der Waals surface area (Å²) in [4.78, 5) is 23.3. The van der Waals surface area contributed by atoms with Crippen LogP contribution in [-0.2, 0) is 4.79 Å². The molecule has 0 bridgehead atoms. The lowest BCUT2D eigenvalue weighted by Gasteiger charge is -2.26. The number of amides is 1. The van der Waals surface area contributed by atoms with E-state index in [-0.39, 0.29) is 5.91 Å². The Morgan fingerprint density at radius 1 is 1.38 bits per heavy atom. The molecule has 1 aliphatic rings. The topological polar surface area (TPSA) is 66.4 Å². The molecular formula is C16H21NO3S. The third-order valence-electron chi connectivity index (χ3n) is 3.99. The highest BCUT2D eigenvalue weighted by Gasteiger charge is 2.19. The van der Waals surface area contributed by atoms with Crippen LogP contribution in [0.1, 0.15) is 47.8 Å². The van der Waals surface area contributed by atoms with E-state index in [1.165, 1.54) is 43.1 Å². The van der Waals surface area contributed by atoms with Crippen molar-refractivity contribution in [3.8, 4) is 0 Å². The smallest absolute Gasteiger partial charge is 0.328 e. The number of rotatable bonds is 5. The average molecular weight is 307 g/mol. The standard InChI is InChI=1S/C16H21NO3S/c1-11-2-4-12(5-3-11)10-17-16(20)15-13(8-9-21-15)6-7-14(18)19/h6-9,11-12H,2-5,10H2,1H3,(H,17,20)(H,18,19). The lowest BCUT2D eigenvalue weighted by molar-refractivity contribution is -0.131. The summed E-state index contributed by atoms with van der Waals surface area (Å²) < 4.78 is 0. The van der Waals surface area contributed by atoms with E-state index in [0.717, 1.165) is 12.0 Å². The normalized spacial score (nSPS) is 22.3. The first-order valence-corrected chi connectivity index (χ1v) is 8.21. The lowest BCUT2D eigenvalue weighted by atomic mass is 9.83. The molecule has 2 N–H and O–H groups in total. The summed E-state index contributed by atoms with van der Waals surface area (Å²) in [5, 5.41) is 13.4. The number of thiophene rings is 1. The lowest BCUT2D eigenvalue weighted by Crippen LogP contribution is -2.30. The zero-order chi connectivity index (χ0) is 15.2. The van der Waals surface area contributed by atoms with Crippen molar-refractivity contribution in [2.24, 2.45) is 11.8 Å². The molecule has 1 aromatic rings. The molecule has 1 amide bonds. The van der Waals surface area contributed by atoms with Crippen LogP contribution in [0.5, 0.6) is 0 Å². The molecule has 1 aliphatic carbocycles. The van der Waals surface area contributed by atoms with Crippen molar-refractivity contribution < 1.29 is 14.7 Å². The number of aliphatic carboxylic acids is 1. The van der Waals surface area contributed by atoms with Gasteiger partial charge in [0.05, 0.1) is 4.88 Å². The van der Waals surface area contributed by atoms with E-state index < -0.39 is 5.97 Å². The summed E-state index contributed by atoms with van der Waals surface area (Å²) in [6.07, 6.45) is 7.37. The van der Waals surface area contributed by atoms with E-state index in [1.807, 2.05) is 0 Å². The second kappa shape index (κ2) is 7.41. The third-order valence-corrected chi connectivity index (χ3v) is 4.92. The molecule has 0 unspecified atom stereocenters. The van der Waals surface area contributed by atoms with Crippen molar-refractivity contribution >= 4 is 29.3 Å². The summed E-state index contributed by atoms with van der Waals surface area (Å²) in [6.45, 7) is 2.99. The minimum absolute atomic E-state index is 0.103. The van der Waals surface area contributed by atoms with Crippen molar-refractivity contribution in [1.29, 1.82) is 0 Å². The number of carboxylic acids is 1. The molecule has 1 fully saturated rings. The zero-order valence-corrected chi connectivity index (χ0v) is 13.0. The Morgan fingerprint density at radius 3 is 2.76 bits per heavy atom. The van der Waals surface area contributed by atoms with E-state index >= 15 is 0 Å². The molecule has 0 aliphatic heterocycles. The largest absolute Gasteiger partial charge is 0.478 e. The molecule has 0 aromatic carbocycles. The molecule has 0 atom stereocenters. The molecule has 4 nitrogen and oxygen atoms in total. The summed E-state index contributed by atoms with van der Waals surface area (Å²) in [6, 6.07) is 1.77. The van der Waals surface area contributed by atoms with Crippen LogP contribution >= 0.6 is 11.3 Å². The first-order chi connectivity index (χ1) is 10.1. The fourth-order valence-corrected chi connectivity index (χ4v) is 3.45. The number of carboxylic acid groups (broad SMARTS) is 1. The van der Waals surface area contributed by atoms with Crippen LogP contribution < -0.4 is 5.32 Å². The summed E-state index contributed by atoms with van der Waals surface area (Å²) >= 11 is 1.34. The monoisotopic (exact) mass is 307 g/mol. The molecule has 114 valence electrons. The van der Waals surface area contributed by atoms with Gasteiger partial charge in [-0.3, -0.25) is 4.79 Å². The quantitative estimate of drug-likeness (QED) is 0.819. The van der Waals surface area contributed by atoms with Crippen molar-refractivity contribution in [3.05, 3.63) is 28.0 Å². The van der Waals surface area contributed by atoms with Gasteiger partial charge in [-0.25, -0.2) is 4.79 Å². The van der Waals surface area contributed by atoms with Gasteiger partial charge in [0.25, 0.3) is 5.91 Å². The van der Waals surface area contributed by atoms with Crippen LogP contribution in [0.25, 0.3) is 6.08 Å². The minimum atomic E-state index is -1.01. The van der Waals surface area contributed by atoms with Gasteiger partial charge in [0.15, 0.2) is 0 Å². The second-order valence-corrected chi connectivity index (χ2v) is 6.63. The highest BCUT2D eigenvalue weighted by atomic mass is 32.1. The van der Waals surface area contributed by atoms with E-state index in [1.54, 1.807) is 11.4 Å². The molecule has 2 rings (SSSR count). The van der Waals surface area contributed by atoms with Gasteiger partial charge in [0, 0.05) is 12.6 Å². The van der Waals surface area contributed by atoms with Crippen LogP contribution in [0.15, 0.2) is 17.5 Å². The van der Waals surface area contributed by atoms with Gasteiger partial charge in [-0.15, -0.1) is 11.3 Å². The van der Waals surface area contributed by atoms with Gasteiger partial charge in [0.1, 0.15) is 0 Å². The Labute approximate surface area is 128 Å². The Hall–Kier alpha value is -1.62. The van der Waals surface area contributed by atoms with Gasteiger partial charge in [-0.2, -0.15) is 0 Å². The van der Waals surface area contributed by atoms with Crippen molar-refractivity contribution in [2.75, 3.05) is 6.54 Å². The van der Waals surface area contributed by atoms with Crippen LogP contribution in [0, 0.1) is 11.8 Å². The van der Waals surface area contributed by atoms with Crippen LogP contribution in [0.2, 0.25) is 0 Å². The summed E-state index contributed by atoms with van der Waals surface area (Å²) in [7, 11) is 0. The first-order valence-electron chi connectivity index (χ1n) is 7.33. The number of hydrogen-bond acceptors (Lipinski definition) is 3. The molecule has 1 saturated carbocycles. The van der Waals surface area contributed by atoms with E-state index in [2.05, 4.69) is 12.2 Å². The third kappa shape index (κ3) is 4.70. The fourth-order valence-electron chi connectivity index (χ4n) is 2.65. The molecule has 1 heterocycles. The molecule has 0 saturated heterocycles. The maximum atomic E-state index is 12.2. The van der Waals surface area contributed by atoms with Crippen molar-refractivity contribution in [3.63, 3.8) is 0 Å². The van der Waals surface area contributed by atoms with Crippen LogP contribution in [0.4, 0.5) is 0 Å². The van der Waals surface area contributed by atoms with E-state index in [4.69, 9.17) is 5.11 Å². The molecule has 1 aromatic heterocycles. The molecule has 5 heteroatoms. The Kier molecular flexibility index (Phi) is 5.56. The zero-order valence-electron chi connectivity index (χ0n) is 12.2. The number of carbonyl (C=O) groups is 2. The SMILES string of the molecule is CC1CCC(CNC(=O)c2sccc2C=CC(=O)O)CC1. The molecular weight excluding hydrogens is 286 g/mol. The minimum Gasteiger partial charge on any atom is -0.478 e. The highest BCUT2D eigenvalue weighted by Crippen LogP contribution is 2.28. The Morgan fingerprint density at radius 2 is 2.10 bits per heavy atom. The number of hydrogen-bond donors (Lipinski definition) is 2. The molecule has 0 radical (unpaired) electrons. The summed E-state index contributed by atoms with van der Waals surface area (Å²) in [5.74, 6) is 0.266. The summed E-state index contributed by atoms with van der Waals surface area (Å²) in [5.41, 5.74) is 0.664. The van der Waals surface area contributed by atoms with Crippen molar-refractivity contribution in [2.45, 2.75) is 32.6 Å². The van der Waals surface area contributed by atoms with E-state index in [9.17, 15) is 9.59 Å². The van der Waals surface area contributed by atoms with Gasteiger partial charge in [-0.05, 0) is 47.8 Å². The average Bonchev–Trinajstić information content (AvgIpc) is 2.92. The predicted octanol–water partition coefficient (Wildman–Crippen LogP) is 3.40. The fraction of sp³-hybridized carbons (Fsp3) is 0.500. The maximum absolute atomic E-state index is 12.2. The first kappa shape index (κ1) is 15.8. The molecule has 0 spiro atoms. The second-order valence-electron chi connectivity index (χ2n) is 5.71. The molecule has 21 heavy (non-hydrogen) atoms. The van der Waals surface area contributed by atoms with Gasteiger partial charge >= 0.3 is 5.97 Å². The Bertz CT molecular complexity index is 527.